The molecule has 2 saturated heterocycles. The molecule has 4 heteroatoms. The maximum atomic E-state index is 12.8. The zero-order chi connectivity index (χ0) is 19.9. The van der Waals surface area contributed by atoms with Gasteiger partial charge in [0, 0.05) is 17.5 Å². The third kappa shape index (κ3) is 5.68. The van der Waals surface area contributed by atoms with Crippen molar-refractivity contribution in [2.75, 3.05) is 26.2 Å². The van der Waals surface area contributed by atoms with Gasteiger partial charge < -0.3 is 14.4 Å². The van der Waals surface area contributed by atoms with E-state index in [1.54, 1.807) is 0 Å². The summed E-state index contributed by atoms with van der Waals surface area (Å²) in [7, 11) is 0. The predicted octanol–water partition coefficient (Wildman–Crippen LogP) is 4.85. The number of ether oxygens (including phenoxy) is 2. The molecule has 0 saturated carbocycles. The maximum absolute atomic E-state index is 12.8. The molecule has 0 amide bonds. The van der Waals surface area contributed by atoms with Crippen LogP contribution in [0.5, 0.6) is 5.75 Å². The van der Waals surface area contributed by atoms with E-state index in [9.17, 15) is 4.79 Å². The molecule has 1 atom stereocenters. The lowest BCUT2D eigenvalue weighted by Gasteiger charge is -2.23. The smallest absolute Gasteiger partial charge is 0.199 e. The van der Waals surface area contributed by atoms with Crippen molar-refractivity contribution in [3.63, 3.8) is 0 Å². The minimum Gasteiger partial charge on any atom is -0.465 e. The van der Waals surface area contributed by atoms with E-state index in [2.05, 4.69) is 17.0 Å². The van der Waals surface area contributed by atoms with Gasteiger partial charge in [-0.25, -0.2) is 0 Å². The maximum Gasteiger partial charge on any atom is 0.199 e. The largest absolute Gasteiger partial charge is 0.465 e. The molecule has 2 heterocycles. The van der Waals surface area contributed by atoms with Crippen molar-refractivity contribution >= 4 is 5.78 Å². The standard InChI is InChI=1S/C25H31NO3/c27-25(22-12-14-23(15-13-22)29-24-7-1-4-19-28-24)21-10-8-20(9-11-21)6-5-18-26-16-2-3-17-26/h8-15,24H,1-7,16-19H2. The van der Waals surface area contributed by atoms with E-state index in [1.807, 2.05) is 36.4 Å². The predicted molar refractivity (Wildman–Crippen MR) is 115 cm³/mol. The van der Waals surface area contributed by atoms with Crippen LogP contribution in [0.25, 0.3) is 0 Å². The molecule has 0 bridgehead atoms. The Morgan fingerprint density at radius 3 is 2.28 bits per heavy atom. The van der Waals surface area contributed by atoms with E-state index in [0.29, 0.717) is 5.56 Å². The second-order valence-corrected chi connectivity index (χ2v) is 8.12. The van der Waals surface area contributed by atoms with Gasteiger partial charge in [-0.3, -0.25) is 4.79 Å². The Bertz CT molecular complexity index is 773. The Labute approximate surface area is 173 Å². The fourth-order valence-corrected chi connectivity index (χ4v) is 4.14. The first kappa shape index (κ1) is 20.1. The fourth-order valence-electron chi connectivity index (χ4n) is 4.14. The molecule has 2 fully saturated rings. The van der Waals surface area contributed by atoms with E-state index in [-0.39, 0.29) is 12.1 Å². The number of carbonyl (C=O) groups is 1. The van der Waals surface area contributed by atoms with E-state index in [0.717, 1.165) is 43.6 Å². The second kappa shape index (κ2) is 10.0. The number of nitrogens with zero attached hydrogens (tertiary/aromatic N) is 1. The molecule has 0 aliphatic carbocycles. The van der Waals surface area contributed by atoms with Crippen LogP contribution in [0.2, 0.25) is 0 Å². The Balaban J connectivity index is 1.29. The molecule has 2 aromatic rings. The van der Waals surface area contributed by atoms with Gasteiger partial charge in [0.2, 0.25) is 0 Å². The molecule has 2 aromatic carbocycles. The van der Waals surface area contributed by atoms with Crippen molar-refractivity contribution in [1.82, 2.24) is 4.90 Å². The molecule has 0 N–H and O–H groups in total. The average Bonchev–Trinajstić information content (AvgIpc) is 3.29. The summed E-state index contributed by atoms with van der Waals surface area (Å²) in [6.45, 7) is 4.45. The molecule has 1 unspecified atom stereocenters. The van der Waals surface area contributed by atoms with Crippen LogP contribution in [-0.2, 0) is 11.2 Å². The summed E-state index contributed by atoms with van der Waals surface area (Å²) in [6.07, 6.45) is 7.93. The summed E-state index contributed by atoms with van der Waals surface area (Å²) in [5.41, 5.74) is 2.72. The number of rotatable bonds is 8. The summed E-state index contributed by atoms with van der Waals surface area (Å²) in [5.74, 6) is 0.802. The van der Waals surface area contributed by atoms with Gasteiger partial charge in [-0.15, -0.1) is 0 Å². The average molecular weight is 394 g/mol. The van der Waals surface area contributed by atoms with Gasteiger partial charge in [0.25, 0.3) is 0 Å². The molecule has 0 radical (unpaired) electrons. The number of likely N-dealkylation sites (tertiary alicyclic amines) is 1. The monoisotopic (exact) mass is 393 g/mol. The minimum absolute atomic E-state index is 0.0501. The van der Waals surface area contributed by atoms with Crippen LogP contribution in [0.4, 0.5) is 0 Å². The lowest BCUT2D eigenvalue weighted by molar-refractivity contribution is -0.105. The highest BCUT2D eigenvalue weighted by atomic mass is 16.7. The molecule has 4 nitrogen and oxygen atoms in total. The van der Waals surface area contributed by atoms with Crippen LogP contribution in [0.1, 0.15) is 60.0 Å². The van der Waals surface area contributed by atoms with Gasteiger partial charge in [0.15, 0.2) is 12.1 Å². The van der Waals surface area contributed by atoms with Gasteiger partial charge >= 0.3 is 0 Å². The number of hydrogen-bond donors (Lipinski definition) is 0. The van der Waals surface area contributed by atoms with E-state index in [4.69, 9.17) is 9.47 Å². The highest BCUT2D eigenvalue weighted by Crippen LogP contribution is 2.21. The first-order chi connectivity index (χ1) is 14.3. The molecule has 29 heavy (non-hydrogen) atoms. The molecular weight excluding hydrogens is 362 g/mol. The number of ketones is 1. The molecule has 4 rings (SSSR count). The van der Waals surface area contributed by atoms with Crippen molar-refractivity contribution in [3.8, 4) is 5.75 Å². The van der Waals surface area contributed by atoms with Crippen LogP contribution in [0, 0.1) is 0 Å². The van der Waals surface area contributed by atoms with E-state index >= 15 is 0 Å². The molecule has 154 valence electrons. The van der Waals surface area contributed by atoms with Crippen molar-refractivity contribution in [2.24, 2.45) is 0 Å². The van der Waals surface area contributed by atoms with Crippen molar-refractivity contribution in [3.05, 3.63) is 65.2 Å². The summed E-state index contributed by atoms with van der Waals surface area (Å²) in [4.78, 5) is 15.3. The van der Waals surface area contributed by atoms with Gasteiger partial charge in [0.05, 0.1) is 6.61 Å². The Morgan fingerprint density at radius 2 is 1.62 bits per heavy atom. The summed E-state index contributed by atoms with van der Waals surface area (Å²) < 4.78 is 11.5. The zero-order valence-electron chi connectivity index (χ0n) is 17.1. The quantitative estimate of drug-likeness (QED) is 0.601. The first-order valence-electron chi connectivity index (χ1n) is 11.0. The lowest BCUT2D eigenvalue weighted by atomic mass is 10.0. The number of benzene rings is 2. The van der Waals surface area contributed by atoms with Crippen molar-refractivity contribution < 1.29 is 14.3 Å². The van der Waals surface area contributed by atoms with Crippen molar-refractivity contribution in [2.45, 2.75) is 51.2 Å². The number of aryl methyl sites for hydroxylation is 1. The number of hydrogen-bond acceptors (Lipinski definition) is 4. The summed E-state index contributed by atoms with van der Waals surface area (Å²) in [5, 5.41) is 0. The van der Waals surface area contributed by atoms with Crippen LogP contribution < -0.4 is 4.74 Å². The molecule has 2 aliphatic rings. The van der Waals surface area contributed by atoms with E-state index < -0.39 is 0 Å². The van der Waals surface area contributed by atoms with Gasteiger partial charge in [-0.05, 0) is 88.0 Å². The molecule has 0 aromatic heterocycles. The Kier molecular flexibility index (Phi) is 6.96. The Morgan fingerprint density at radius 1 is 0.931 bits per heavy atom. The fraction of sp³-hybridized carbons (Fsp3) is 0.480. The van der Waals surface area contributed by atoms with Crippen molar-refractivity contribution in [1.29, 1.82) is 0 Å². The van der Waals surface area contributed by atoms with Gasteiger partial charge in [-0.1, -0.05) is 24.3 Å². The SMILES string of the molecule is O=C(c1ccc(CCCN2CCCC2)cc1)c1ccc(OC2CCCCO2)cc1. The lowest BCUT2D eigenvalue weighted by Crippen LogP contribution is -2.24. The third-order valence-electron chi connectivity index (χ3n) is 5.88. The van der Waals surface area contributed by atoms with Gasteiger partial charge in [0.1, 0.15) is 5.75 Å². The minimum atomic E-state index is -0.164. The van der Waals surface area contributed by atoms with Crippen LogP contribution >= 0.6 is 0 Å². The molecular formula is C25H31NO3. The van der Waals surface area contributed by atoms with Crippen LogP contribution in [0.15, 0.2) is 48.5 Å². The highest BCUT2D eigenvalue weighted by Gasteiger charge is 2.16. The third-order valence-corrected chi connectivity index (χ3v) is 5.88. The Hall–Kier alpha value is -2.17. The van der Waals surface area contributed by atoms with E-state index in [1.165, 1.54) is 44.5 Å². The van der Waals surface area contributed by atoms with Crippen LogP contribution in [-0.4, -0.2) is 43.2 Å². The first-order valence-corrected chi connectivity index (χ1v) is 11.0. The van der Waals surface area contributed by atoms with Gasteiger partial charge in [-0.2, -0.15) is 0 Å². The molecule has 0 spiro atoms. The zero-order valence-corrected chi connectivity index (χ0v) is 17.1. The second-order valence-electron chi connectivity index (χ2n) is 8.12. The molecule has 2 aliphatic heterocycles. The van der Waals surface area contributed by atoms with Crippen LogP contribution in [0.3, 0.4) is 0 Å². The highest BCUT2D eigenvalue weighted by molar-refractivity contribution is 6.09. The normalized spacial score (nSPS) is 19.9. The number of carbonyl (C=O) groups excluding carboxylic acids is 1. The topological polar surface area (TPSA) is 38.8 Å². The summed E-state index contributed by atoms with van der Waals surface area (Å²) in [6, 6.07) is 15.5. The summed E-state index contributed by atoms with van der Waals surface area (Å²) >= 11 is 0.